The maximum absolute atomic E-state index is 12.3. The van der Waals surface area contributed by atoms with E-state index in [1.165, 1.54) is 12.1 Å². The summed E-state index contributed by atoms with van der Waals surface area (Å²) in [6.07, 6.45) is 1.14. The second-order valence-electron chi connectivity index (χ2n) is 4.84. The van der Waals surface area contributed by atoms with Crippen molar-refractivity contribution in [3.63, 3.8) is 0 Å². The lowest BCUT2D eigenvalue weighted by atomic mass is 10.1. The number of thiazole rings is 1. The fourth-order valence-corrected chi connectivity index (χ4v) is 3.87. The zero-order valence-corrected chi connectivity index (χ0v) is 14.7. The van der Waals surface area contributed by atoms with Crippen LogP contribution in [-0.4, -0.2) is 37.3 Å². The lowest BCUT2D eigenvalue weighted by Gasteiger charge is -2.03. The number of fused-ring (bicyclic) bond motifs is 1. The Kier molecular flexibility index (Phi) is 4.81. The Morgan fingerprint density at radius 1 is 1.35 bits per heavy atom. The van der Waals surface area contributed by atoms with Crippen LogP contribution in [0.25, 0.3) is 11.0 Å². The molecule has 0 radical (unpaired) electrons. The van der Waals surface area contributed by atoms with Gasteiger partial charge in [-0.2, -0.15) is 0 Å². The molecule has 2 heterocycles. The second kappa shape index (κ2) is 7.05. The van der Waals surface area contributed by atoms with E-state index >= 15 is 0 Å². The van der Waals surface area contributed by atoms with Gasteiger partial charge in [0.1, 0.15) is 17.3 Å². The van der Waals surface area contributed by atoms with Crippen molar-refractivity contribution >= 4 is 50.7 Å². The molecule has 13 heteroatoms. The molecule has 2 N–H and O–H groups in total. The SMILES string of the molecule is CCNC(=O)c1c([N+](=O)[O-])ccc2[nH]c(Sc3ncc([N+](=O)[O-])s3)nc12. The standard InChI is InChI=1S/C13H10N6O5S2/c1-2-14-11(20)9-7(18(21)22)4-3-6-10(9)17-12(16-6)26-13-15-5-8(25-13)19(23)24/h3-5H,2H2,1H3,(H,14,20)(H,16,17). The Hall–Kier alpha value is -3.06. The normalized spacial score (nSPS) is 10.8. The molecule has 3 rings (SSSR count). The topological polar surface area (TPSA) is 157 Å². The predicted molar refractivity (Wildman–Crippen MR) is 93.6 cm³/mol. The lowest BCUT2D eigenvalue weighted by molar-refractivity contribution is -0.385. The van der Waals surface area contributed by atoms with Crippen LogP contribution in [0.2, 0.25) is 0 Å². The average Bonchev–Trinajstić information content (AvgIpc) is 3.20. The fraction of sp³-hybridized carbons (Fsp3) is 0.154. The molecular formula is C13H10N6O5S2. The monoisotopic (exact) mass is 394 g/mol. The maximum Gasteiger partial charge on any atom is 0.344 e. The molecule has 0 unspecified atom stereocenters. The molecule has 11 nitrogen and oxygen atoms in total. The van der Waals surface area contributed by atoms with E-state index < -0.39 is 15.8 Å². The van der Waals surface area contributed by atoms with Gasteiger partial charge in [0.15, 0.2) is 9.50 Å². The molecule has 0 atom stereocenters. The summed E-state index contributed by atoms with van der Waals surface area (Å²) in [5, 5.41) is 24.7. The fourth-order valence-electron chi connectivity index (χ4n) is 2.18. The van der Waals surface area contributed by atoms with Crippen LogP contribution < -0.4 is 5.32 Å². The molecule has 1 amide bonds. The molecular weight excluding hydrogens is 384 g/mol. The molecule has 0 aliphatic rings. The number of benzene rings is 1. The van der Waals surface area contributed by atoms with Crippen molar-refractivity contribution in [2.24, 2.45) is 0 Å². The molecule has 0 aliphatic heterocycles. The van der Waals surface area contributed by atoms with Gasteiger partial charge in [0.2, 0.25) is 0 Å². The van der Waals surface area contributed by atoms with Crippen LogP contribution >= 0.6 is 23.1 Å². The van der Waals surface area contributed by atoms with Gasteiger partial charge in [0, 0.05) is 12.6 Å². The molecule has 3 aromatic rings. The maximum atomic E-state index is 12.3. The molecule has 0 aliphatic carbocycles. The highest BCUT2D eigenvalue weighted by Gasteiger charge is 2.25. The first-order valence-electron chi connectivity index (χ1n) is 7.14. The van der Waals surface area contributed by atoms with Gasteiger partial charge in [0.05, 0.1) is 15.4 Å². The van der Waals surface area contributed by atoms with Gasteiger partial charge in [-0.25, -0.2) is 9.97 Å². The molecule has 26 heavy (non-hydrogen) atoms. The van der Waals surface area contributed by atoms with Gasteiger partial charge in [-0.1, -0.05) is 0 Å². The number of rotatable bonds is 6. The van der Waals surface area contributed by atoms with Crippen molar-refractivity contribution < 1.29 is 14.6 Å². The summed E-state index contributed by atoms with van der Waals surface area (Å²) < 4.78 is 0.379. The third-order valence-corrected chi connectivity index (χ3v) is 5.12. The zero-order valence-electron chi connectivity index (χ0n) is 13.1. The minimum Gasteiger partial charge on any atom is -0.352 e. The highest BCUT2D eigenvalue weighted by molar-refractivity contribution is 8.00. The highest BCUT2D eigenvalue weighted by Crippen LogP contribution is 2.35. The van der Waals surface area contributed by atoms with Crippen molar-refractivity contribution in [1.82, 2.24) is 20.3 Å². The number of hydrogen-bond acceptors (Lipinski definition) is 9. The molecule has 0 bridgehead atoms. The van der Waals surface area contributed by atoms with Crippen LogP contribution in [0.5, 0.6) is 0 Å². The van der Waals surface area contributed by atoms with Gasteiger partial charge < -0.3 is 10.3 Å². The largest absolute Gasteiger partial charge is 0.352 e. The van der Waals surface area contributed by atoms with E-state index in [1.54, 1.807) is 6.92 Å². The van der Waals surface area contributed by atoms with E-state index in [0.717, 1.165) is 29.3 Å². The number of nitro benzene ring substituents is 1. The van der Waals surface area contributed by atoms with Crippen LogP contribution in [0.3, 0.4) is 0 Å². The van der Waals surface area contributed by atoms with Crippen LogP contribution in [0.15, 0.2) is 27.8 Å². The van der Waals surface area contributed by atoms with E-state index in [-0.39, 0.29) is 21.8 Å². The Morgan fingerprint density at radius 3 is 2.73 bits per heavy atom. The minimum absolute atomic E-state index is 0.109. The number of aromatic nitrogens is 3. The van der Waals surface area contributed by atoms with Crippen LogP contribution in [-0.2, 0) is 0 Å². The first kappa shape index (κ1) is 17.8. The summed E-state index contributed by atoms with van der Waals surface area (Å²) >= 11 is 1.91. The van der Waals surface area contributed by atoms with Gasteiger partial charge in [0.25, 0.3) is 11.6 Å². The Bertz CT molecular complexity index is 1030. The molecule has 2 aromatic heterocycles. The number of nitro groups is 2. The molecule has 134 valence electrons. The van der Waals surface area contributed by atoms with Crippen molar-refractivity contribution in [2.75, 3.05) is 6.54 Å². The summed E-state index contributed by atoms with van der Waals surface area (Å²) in [5.74, 6) is -0.599. The number of imidazole rings is 1. The lowest BCUT2D eigenvalue weighted by Crippen LogP contribution is -2.24. The van der Waals surface area contributed by atoms with E-state index in [1.807, 2.05) is 0 Å². The van der Waals surface area contributed by atoms with Crippen molar-refractivity contribution in [3.05, 3.63) is 44.1 Å². The van der Waals surface area contributed by atoms with E-state index in [4.69, 9.17) is 0 Å². The second-order valence-corrected chi connectivity index (χ2v) is 7.08. The Morgan fingerprint density at radius 2 is 2.12 bits per heavy atom. The first-order chi connectivity index (χ1) is 12.4. The average molecular weight is 394 g/mol. The number of carbonyl (C=O) groups excluding carboxylic acids is 1. The zero-order chi connectivity index (χ0) is 18.8. The smallest absolute Gasteiger partial charge is 0.344 e. The molecule has 0 spiro atoms. The number of nitrogens with one attached hydrogen (secondary N) is 2. The van der Waals surface area contributed by atoms with Crippen molar-refractivity contribution in [2.45, 2.75) is 16.4 Å². The van der Waals surface area contributed by atoms with Crippen LogP contribution in [0.4, 0.5) is 10.7 Å². The molecule has 0 saturated carbocycles. The number of amides is 1. The third kappa shape index (κ3) is 3.34. The highest BCUT2D eigenvalue weighted by atomic mass is 32.2. The minimum atomic E-state index is -0.643. The van der Waals surface area contributed by atoms with E-state index in [9.17, 15) is 25.0 Å². The summed E-state index contributed by atoms with van der Waals surface area (Å²) in [5.41, 5.74) is 0.100. The van der Waals surface area contributed by atoms with Gasteiger partial charge >= 0.3 is 5.00 Å². The van der Waals surface area contributed by atoms with Gasteiger partial charge in [-0.3, -0.25) is 25.0 Å². The molecule has 0 fully saturated rings. The number of carbonyl (C=O) groups is 1. The van der Waals surface area contributed by atoms with Crippen LogP contribution in [0.1, 0.15) is 17.3 Å². The molecule has 1 aromatic carbocycles. The van der Waals surface area contributed by atoms with E-state index in [0.29, 0.717) is 21.6 Å². The first-order valence-corrected chi connectivity index (χ1v) is 8.77. The summed E-state index contributed by atoms with van der Waals surface area (Å²) in [6.45, 7) is 2.01. The van der Waals surface area contributed by atoms with E-state index in [2.05, 4.69) is 20.3 Å². The number of hydrogen-bond donors (Lipinski definition) is 2. The number of nitrogens with zero attached hydrogens (tertiary/aromatic N) is 4. The van der Waals surface area contributed by atoms with Crippen LogP contribution in [0, 0.1) is 20.2 Å². The third-order valence-electron chi connectivity index (χ3n) is 3.21. The summed E-state index contributed by atoms with van der Waals surface area (Å²) in [7, 11) is 0. The quantitative estimate of drug-likeness (QED) is 0.477. The Labute approximate surface area is 153 Å². The Balaban J connectivity index is 2.04. The predicted octanol–water partition coefficient (Wildman–Crippen LogP) is 2.74. The summed E-state index contributed by atoms with van der Waals surface area (Å²) in [4.78, 5) is 44.2. The number of H-pyrrole nitrogens is 1. The van der Waals surface area contributed by atoms with Gasteiger partial charge in [-0.05, 0) is 36.1 Å². The van der Waals surface area contributed by atoms with Gasteiger partial charge in [-0.15, -0.1) is 0 Å². The van der Waals surface area contributed by atoms with Crippen molar-refractivity contribution in [1.29, 1.82) is 0 Å². The summed E-state index contributed by atoms with van der Waals surface area (Å²) in [6, 6.07) is 2.69. The van der Waals surface area contributed by atoms with Crippen molar-refractivity contribution in [3.8, 4) is 0 Å². The number of aromatic amines is 1. The molecule has 0 saturated heterocycles.